The van der Waals surface area contributed by atoms with Gasteiger partial charge in [0.15, 0.2) is 6.21 Å². The van der Waals surface area contributed by atoms with Gasteiger partial charge in [0.1, 0.15) is 0 Å². The Morgan fingerprint density at radius 3 is 1.96 bits per heavy atom. The molecule has 0 saturated heterocycles. The molecule has 2 rings (SSSR count). The van der Waals surface area contributed by atoms with Crippen LogP contribution in [0.2, 0.25) is 0 Å². The van der Waals surface area contributed by atoms with E-state index in [4.69, 9.17) is 5.41 Å². The first kappa shape index (κ1) is 21.3. The summed E-state index contributed by atoms with van der Waals surface area (Å²) in [6.07, 6.45) is 3.76. The maximum absolute atomic E-state index is 11.9. The number of carbonyl (C=O) groups is 2. The summed E-state index contributed by atoms with van der Waals surface area (Å²) < 4.78 is 0. The number of carbonyl (C=O) groups excluding carboxylic acids is 2. The van der Waals surface area contributed by atoms with Crippen LogP contribution in [-0.4, -0.2) is 18.0 Å². The molecule has 0 unspecified atom stereocenters. The second-order valence-electron chi connectivity index (χ2n) is 6.74. The molecule has 2 aromatic carbocycles. The molecule has 0 saturated carbocycles. The summed E-state index contributed by atoms with van der Waals surface area (Å²) in [6, 6.07) is 15.8. The summed E-state index contributed by atoms with van der Waals surface area (Å²) in [6.45, 7) is 1.74. The minimum absolute atomic E-state index is 0.00692. The minimum Gasteiger partial charge on any atom is -0.354 e. The van der Waals surface area contributed by atoms with Crippen molar-refractivity contribution in [2.75, 3.05) is 0 Å². The van der Waals surface area contributed by atoms with Crippen LogP contribution in [0.4, 0.5) is 0 Å². The molecule has 2 aromatic rings. The zero-order valence-corrected chi connectivity index (χ0v) is 16.2. The lowest BCUT2D eigenvalue weighted by molar-refractivity contribution is -0.386. The third kappa shape index (κ3) is 7.72. The normalized spacial score (nSPS) is 10.3. The van der Waals surface area contributed by atoms with Crippen LogP contribution in [0.5, 0.6) is 0 Å². The first-order valence-corrected chi connectivity index (χ1v) is 9.65. The van der Waals surface area contributed by atoms with Crippen molar-refractivity contribution < 1.29 is 20.7 Å². The van der Waals surface area contributed by atoms with Crippen molar-refractivity contribution in [2.45, 2.75) is 45.3 Å². The zero-order chi connectivity index (χ0) is 20.2. The van der Waals surface area contributed by atoms with E-state index in [-0.39, 0.29) is 11.8 Å². The van der Waals surface area contributed by atoms with Crippen molar-refractivity contribution >= 4 is 18.0 Å². The van der Waals surface area contributed by atoms with Gasteiger partial charge in [-0.2, -0.15) is 0 Å². The van der Waals surface area contributed by atoms with Gasteiger partial charge in [-0.25, -0.2) is 0 Å². The molecule has 6 heteroatoms. The molecule has 0 spiro atoms. The fraction of sp³-hybridized carbons (Fsp3) is 0.318. The van der Waals surface area contributed by atoms with Crippen molar-refractivity contribution in [1.29, 1.82) is 0 Å². The number of nitrogens with one attached hydrogen (secondary N) is 2. The van der Waals surface area contributed by atoms with E-state index in [2.05, 4.69) is 22.4 Å². The fourth-order valence-corrected chi connectivity index (χ4v) is 2.85. The highest BCUT2D eigenvalue weighted by Crippen LogP contribution is 2.06. The average Bonchev–Trinajstić information content (AvgIpc) is 2.74. The first-order chi connectivity index (χ1) is 13.6. The number of nitrogens with two attached hydrogens (primary N) is 1. The quantitative estimate of drug-likeness (QED) is 0.326. The van der Waals surface area contributed by atoms with Gasteiger partial charge in [-0.1, -0.05) is 30.3 Å². The molecule has 6 nitrogen and oxygen atoms in total. The van der Waals surface area contributed by atoms with Crippen LogP contribution in [-0.2, 0) is 29.2 Å². The summed E-state index contributed by atoms with van der Waals surface area (Å²) in [5.74, 6) is 0.00261. The Balaban J connectivity index is 1.58. The van der Waals surface area contributed by atoms with Gasteiger partial charge < -0.3 is 16.4 Å². The summed E-state index contributed by atoms with van der Waals surface area (Å²) in [7, 11) is 0. The monoisotopic (exact) mass is 382 g/mol. The highest BCUT2D eigenvalue weighted by molar-refractivity contribution is 5.77. The van der Waals surface area contributed by atoms with Crippen molar-refractivity contribution in [2.24, 2.45) is 0 Å². The van der Waals surface area contributed by atoms with Gasteiger partial charge in [-0.3, -0.25) is 15.0 Å². The number of unbranched alkanes of at least 4 members (excludes halogenated alkanes) is 1. The van der Waals surface area contributed by atoms with Crippen LogP contribution in [0, 0.1) is 0 Å². The Kier molecular flexibility index (Phi) is 8.88. The largest absolute Gasteiger partial charge is 0.354 e. The molecule has 0 bridgehead atoms. The van der Waals surface area contributed by atoms with Gasteiger partial charge >= 0.3 is 0 Å². The average molecular weight is 383 g/mol. The molecule has 0 aromatic heterocycles. The predicted molar refractivity (Wildman–Crippen MR) is 109 cm³/mol. The van der Waals surface area contributed by atoms with Gasteiger partial charge in [0, 0.05) is 37.1 Å². The van der Waals surface area contributed by atoms with Crippen LogP contribution >= 0.6 is 0 Å². The molecule has 0 aliphatic carbocycles. The fourth-order valence-electron chi connectivity index (χ4n) is 2.85. The Labute approximate surface area is 166 Å². The number of amides is 2. The number of benzene rings is 2. The second-order valence-corrected chi connectivity index (χ2v) is 6.74. The third-order valence-electron chi connectivity index (χ3n) is 4.46. The summed E-state index contributed by atoms with van der Waals surface area (Å²) >= 11 is 0. The van der Waals surface area contributed by atoms with Crippen LogP contribution in [0.1, 0.15) is 47.9 Å². The van der Waals surface area contributed by atoms with Crippen LogP contribution < -0.4 is 21.8 Å². The predicted octanol–water partition coefficient (Wildman–Crippen LogP) is 0.0995. The van der Waals surface area contributed by atoms with E-state index < -0.39 is 0 Å². The summed E-state index contributed by atoms with van der Waals surface area (Å²) in [5.41, 5.74) is 8.04. The van der Waals surface area contributed by atoms with E-state index in [9.17, 15) is 9.59 Å². The lowest BCUT2D eigenvalue weighted by atomic mass is 10.1. The molecule has 0 aliphatic rings. The molecule has 0 radical (unpaired) electrons. The Morgan fingerprint density at radius 1 is 0.857 bits per heavy atom. The van der Waals surface area contributed by atoms with E-state index >= 15 is 0 Å². The summed E-state index contributed by atoms with van der Waals surface area (Å²) in [5, 5.41) is 11.3. The maximum atomic E-state index is 11.9. The molecule has 148 valence electrons. The molecule has 0 aliphatic heterocycles. The third-order valence-corrected chi connectivity index (χ3v) is 4.46. The number of quaternary nitrogens is 1. The Hall–Kier alpha value is -2.99. The highest BCUT2D eigenvalue weighted by Gasteiger charge is 2.05. The minimum atomic E-state index is -0.00692. The Morgan fingerprint density at radius 2 is 1.39 bits per heavy atom. The van der Waals surface area contributed by atoms with Crippen molar-refractivity contribution in [3.8, 4) is 0 Å². The summed E-state index contributed by atoms with van der Waals surface area (Å²) in [4.78, 5) is 23.9. The van der Waals surface area contributed by atoms with E-state index in [0.717, 1.165) is 28.8 Å². The van der Waals surface area contributed by atoms with Gasteiger partial charge in [0.25, 0.3) is 0 Å². The molecule has 2 amide bonds. The lowest BCUT2D eigenvalue weighted by Crippen LogP contribution is -2.47. The van der Waals surface area contributed by atoms with Crippen LogP contribution in [0.3, 0.4) is 0 Å². The SMILES string of the molecule is [NH2+]=Cc1cccc(CNC(=O)CCCCC(=O)NCc2cccc(C[NH3+])c2)c1. The van der Waals surface area contributed by atoms with E-state index in [0.29, 0.717) is 38.8 Å². The number of hydrogen-bond acceptors (Lipinski definition) is 2. The molecular formula is C22H30N4O2+2. The van der Waals surface area contributed by atoms with E-state index in [1.54, 1.807) is 0 Å². The van der Waals surface area contributed by atoms with Gasteiger partial charge in [0.05, 0.1) is 6.54 Å². The van der Waals surface area contributed by atoms with Crippen LogP contribution in [0.15, 0.2) is 48.5 Å². The highest BCUT2D eigenvalue weighted by atomic mass is 16.2. The second kappa shape index (κ2) is 11.7. The lowest BCUT2D eigenvalue weighted by Gasteiger charge is -2.07. The van der Waals surface area contributed by atoms with Gasteiger partial charge in [-0.05, 0) is 42.2 Å². The number of hydrogen-bond donors (Lipinski definition) is 4. The molecule has 0 fully saturated rings. The van der Waals surface area contributed by atoms with E-state index in [1.165, 1.54) is 6.21 Å². The number of rotatable bonds is 11. The van der Waals surface area contributed by atoms with Crippen molar-refractivity contribution in [1.82, 2.24) is 10.6 Å². The molecule has 28 heavy (non-hydrogen) atoms. The molecule has 0 heterocycles. The van der Waals surface area contributed by atoms with Crippen LogP contribution in [0.25, 0.3) is 0 Å². The zero-order valence-electron chi connectivity index (χ0n) is 16.2. The standard InChI is InChI=1S/C22H28N4O2/c23-13-17-5-3-7-19(11-17)15-25-21(27)9-1-2-10-22(28)26-16-20-8-4-6-18(12-20)14-24/h3-8,11-13,23H,1-2,9-10,14-16,24H2,(H,25,27)(H,26,28)/p+2. The van der Waals surface area contributed by atoms with Gasteiger partial charge in [0.2, 0.25) is 11.8 Å². The van der Waals surface area contributed by atoms with Gasteiger partial charge in [-0.15, -0.1) is 0 Å². The molecule has 0 atom stereocenters. The van der Waals surface area contributed by atoms with E-state index in [1.807, 2.05) is 42.5 Å². The first-order valence-electron chi connectivity index (χ1n) is 9.65. The smallest absolute Gasteiger partial charge is 0.220 e. The maximum Gasteiger partial charge on any atom is 0.220 e. The van der Waals surface area contributed by atoms with Crippen molar-refractivity contribution in [3.63, 3.8) is 0 Å². The topological polar surface area (TPSA) is 111 Å². The van der Waals surface area contributed by atoms with Crippen molar-refractivity contribution in [3.05, 3.63) is 70.8 Å². The molecule has 7 N–H and O–H groups in total. The molecular weight excluding hydrogens is 352 g/mol. The Bertz CT molecular complexity index is 805.